The Morgan fingerprint density at radius 3 is 2.09 bits per heavy atom. The van der Waals surface area contributed by atoms with E-state index in [0.29, 0.717) is 17.7 Å². The molecule has 1 aromatic carbocycles. The van der Waals surface area contributed by atoms with Crippen molar-refractivity contribution < 1.29 is 28.8 Å². The largest absolute Gasteiger partial charge is 0.496 e. The van der Waals surface area contributed by atoms with Crippen molar-refractivity contribution >= 4 is 5.97 Å². The van der Waals surface area contributed by atoms with Gasteiger partial charge >= 0.3 is 5.97 Å². The van der Waals surface area contributed by atoms with Crippen LogP contribution >= 0.6 is 0 Å². The Hall–Kier alpha value is -1.95. The molecule has 124 valence electrons. The van der Waals surface area contributed by atoms with Crippen molar-refractivity contribution in [1.82, 2.24) is 0 Å². The number of rotatable bonds is 7. The molecule has 22 heavy (non-hydrogen) atoms. The van der Waals surface area contributed by atoms with Crippen LogP contribution in [0.4, 0.5) is 0 Å². The van der Waals surface area contributed by atoms with Crippen molar-refractivity contribution in [3.63, 3.8) is 0 Å². The first kappa shape index (κ1) is 18.1. The molecule has 1 aromatic rings. The monoisotopic (exact) mass is 312 g/mol. The fourth-order valence-electron chi connectivity index (χ4n) is 2.34. The van der Waals surface area contributed by atoms with Gasteiger partial charge in [0.05, 0.1) is 40.1 Å². The molecule has 1 unspecified atom stereocenters. The molecule has 0 aliphatic carbocycles. The summed E-state index contributed by atoms with van der Waals surface area (Å²) in [6.45, 7) is 3.99. The number of carbonyl (C=O) groups excluding carboxylic acids is 1. The lowest BCUT2D eigenvalue weighted by atomic mass is 9.95. The van der Waals surface area contributed by atoms with Crippen LogP contribution < -0.4 is 14.2 Å². The van der Waals surface area contributed by atoms with E-state index in [-0.39, 0.29) is 23.0 Å². The molecule has 0 saturated carbocycles. The third-order valence-corrected chi connectivity index (χ3v) is 3.31. The second-order valence-corrected chi connectivity index (χ2v) is 5.24. The van der Waals surface area contributed by atoms with Crippen LogP contribution in [0.5, 0.6) is 17.2 Å². The van der Waals surface area contributed by atoms with Gasteiger partial charge in [-0.1, -0.05) is 13.8 Å². The molecule has 0 spiro atoms. The van der Waals surface area contributed by atoms with Gasteiger partial charge in [-0.05, 0) is 12.3 Å². The summed E-state index contributed by atoms with van der Waals surface area (Å²) in [7, 11) is 5.62. The predicted molar refractivity (Wildman–Crippen MR) is 81.9 cm³/mol. The third-order valence-electron chi connectivity index (χ3n) is 3.31. The van der Waals surface area contributed by atoms with E-state index in [4.69, 9.17) is 18.9 Å². The molecule has 6 heteroatoms. The Morgan fingerprint density at radius 2 is 1.68 bits per heavy atom. The van der Waals surface area contributed by atoms with Crippen LogP contribution in [0, 0.1) is 5.92 Å². The summed E-state index contributed by atoms with van der Waals surface area (Å²) in [6, 6.07) is 1.55. The Labute approximate surface area is 130 Å². The van der Waals surface area contributed by atoms with Gasteiger partial charge in [0.1, 0.15) is 22.8 Å². The summed E-state index contributed by atoms with van der Waals surface area (Å²) in [4.78, 5) is 12.1. The van der Waals surface area contributed by atoms with Gasteiger partial charge in [0, 0.05) is 6.07 Å². The van der Waals surface area contributed by atoms with Crippen molar-refractivity contribution in [1.29, 1.82) is 0 Å². The van der Waals surface area contributed by atoms with Crippen molar-refractivity contribution in [2.45, 2.75) is 26.4 Å². The van der Waals surface area contributed by atoms with E-state index in [9.17, 15) is 9.90 Å². The van der Waals surface area contributed by atoms with E-state index < -0.39 is 12.1 Å². The smallest absolute Gasteiger partial charge is 0.345 e. The van der Waals surface area contributed by atoms with Crippen LogP contribution in [0.15, 0.2) is 6.07 Å². The lowest BCUT2D eigenvalue weighted by Crippen LogP contribution is -2.13. The van der Waals surface area contributed by atoms with Crippen molar-refractivity contribution in [3.05, 3.63) is 17.2 Å². The summed E-state index contributed by atoms with van der Waals surface area (Å²) in [5, 5.41) is 10.5. The summed E-state index contributed by atoms with van der Waals surface area (Å²) in [6.07, 6.45) is -0.334. The molecule has 1 N–H and O–H groups in total. The van der Waals surface area contributed by atoms with E-state index in [0.717, 1.165) is 0 Å². The fourth-order valence-corrected chi connectivity index (χ4v) is 2.34. The number of carbonyl (C=O) groups is 1. The topological polar surface area (TPSA) is 74.2 Å². The average molecular weight is 312 g/mol. The molecule has 0 bridgehead atoms. The molecular weight excluding hydrogens is 288 g/mol. The molecular formula is C16H24O6. The molecule has 0 heterocycles. The lowest BCUT2D eigenvalue weighted by Gasteiger charge is -2.22. The van der Waals surface area contributed by atoms with E-state index in [1.54, 1.807) is 6.07 Å². The normalized spacial score (nSPS) is 12.0. The van der Waals surface area contributed by atoms with Crippen LogP contribution in [0.3, 0.4) is 0 Å². The maximum Gasteiger partial charge on any atom is 0.345 e. The standard InChI is InChI=1S/C16H24O6/c1-9(2)7-10(17)13-11(19-3)8-12(20-4)14(15(13)21-5)16(18)22-6/h8-10,17H,7H2,1-6H3. The molecule has 6 nitrogen and oxygen atoms in total. The minimum absolute atomic E-state index is 0.131. The average Bonchev–Trinajstić information content (AvgIpc) is 2.50. The van der Waals surface area contributed by atoms with Crippen molar-refractivity contribution in [2.75, 3.05) is 28.4 Å². The number of hydrogen-bond donors (Lipinski definition) is 1. The molecule has 0 radical (unpaired) electrons. The van der Waals surface area contributed by atoms with Gasteiger partial charge in [-0.15, -0.1) is 0 Å². The van der Waals surface area contributed by atoms with E-state index in [1.165, 1.54) is 28.4 Å². The van der Waals surface area contributed by atoms with Crippen molar-refractivity contribution in [2.24, 2.45) is 5.92 Å². The highest BCUT2D eigenvalue weighted by atomic mass is 16.5. The van der Waals surface area contributed by atoms with Gasteiger partial charge in [-0.25, -0.2) is 4.79 Å². The van der Waals surface area contributed by atoms with E-state index >= 15 is 0 Å². The minimum Gasteiger partial charge on any atom is -0.496 e. The number of hydrogen-bond acceptors (Lipinski definition) is 6. The predicted octanol–water partition coefficient (Wildman–Crippen LogP) is 2.58. The highest BCUT2D eigenvalue weighted by Gasteiger charge is 2.29. The van der Waals surface area contributed by atoms with Gasteiger partial charge in [-0.2, -0.15) is 0 Å². The highest BCUT2D eigenvalue weighted by Crippen LogP contribution is 2.44. The zero-order chi connectivity index (χ0) is 16.9. The first-order chi connectivity index (χ1) is 10.4. The van der Waals surface area contributed by atoms with Crippen LogP contribution in [-0.2, 0) is 4.74 Å². The summed E-state index contributed by atoms with van der Waals surface area (Å²) in [5.41, 5.74) is 0.547. The van der Waals surface area contributed by atoms with E-state index in [2.05, 4.69) is 0 Å². The van der Waals surface area contributed by atoms with Crippen LogP contribution in [-0.4, -0.2) is 39.5 Å². The van der Waals surface area contributed by atoms with Gasteiger partial charge in [-0.3, -0.25) is 0 Å². The maximum absolute atomic E-state index is 12.1. The van der Waals surface area contributed by atoms with Crippen LogP contribution in [0.1, 0.15) is 42.3 Å². The second kappa shape index (κ2) is 7.89. The minimum atomic E-state index is -0.834. The third kappa shape index (κ3) is 3.62. The Morgan fingerprint density at radius 1 is 1.09 bits per heavy atom. The quantitative estimate of drug-likeness (QED) is 0.780. The zero-order valence-electron chi connectivity index (χ0n) is 13.9. The number of ether oxygens (including phenoxy) is 4. The molecule has 1 atom stereocenters. The number of esters is 1. The van der Waals surface area contributed by atoms with Crippen LogP contribution in [0.25, 0.3) is 0 Å². The van der Waals surface area contributed by atoms with Gasteiger partial charge in [0.2, 0.25) is 0 Å². The Bertz CT molecular complexity index is 524. The molecule has 1 rings (SSSR count). The highest BCUT2D eigenvalue weighted by molar-refractivity contribution is 5.96. The molecule has 0 aromatic heterocycles. The molecule has 0 saturated heterocycles. The van der Waals surface area contributed by atoms with Crippen molar-refractivity contribution in [3.8, 4) is 17.2 Å². The maximum atomic E-state index is 12.1. The molecule has 0 amide bonds. The van der Waals surface area contributed by atoms with E-state index in [1.807, 2.05) is 13.8 Å². The first-order valence-corrected chi connectivity index (χ1v) is 7.00. The zero-order valence-corrected chi connectivity index (χ0v) is 13.9. The Kier molecular flexibility index (Phi) is 6.49. The number of aliphatic hydroxyl groups is 1. The SMILES string of the molecule is COC(=O)c1c(OC)cc(OC)c(C(O)CC(C)C)c1OC. The number of aliphatic hydroxyl groups excluding tert-OH is 1. The molecule has 0 aliphatic rings. The summed E-state index contributed by atoms with van der Waals surface area (Å²) < 4.78 is 20.7. The summed E-state index contributed by atoms with van der Waals surface area (Å²) in [5.74, 6) is 0.522. The molecule has 0 aliphatic heterocycles. The van der Waals surface area contributed by atoms with Gasteiger partial charge in [0.25, 0.3) is 0 Å². The Balaban J connectivity index is 3.61. The molecule has 0 fully saturated rings. The lowest BCUT2D eigenvalue weighted by molar-refractivity contribution is 0.0592. The van der Waals surface area contributed by atoms with Crippen LogP contribution in [0.2, 0.25) is 0 Å². The first-order valence-electron chi connectivity index (χ1n) is 7.00. The second-order valence-electron chi connectivity index (χ2n) is 5.24. The fraction of sp³-hybridized carbons (Fsp3) is 0.562. The number of methoxy groups -OCH3 is 4. The summed E-state index contributed by atoms with van der Waals surface area (Å²) >= 11 is 0. The van der Waals surface area contributed by atoms with Gasteiger partial charge < -0.3 is 24.1 Å². The number of benzene rings is 1. The van der Waals surface area contributed by atoms with Gasteiger partial charge in [0.15, 0.2) is 0 Å².